The Balaban J connectivity index is 1.45. The topological polar surface area (TPSA) is 83.1 Å². The minimum Gasteiger partial charge on any atom is -0.372 e. The van der Waals surface area contributed by atoms with E-state index in [1.165, 1.54) is 0 Å². The molecule has 0 aliphatic carbocycles. The molecule has 24 heavy (non-hydrogen) atoms. The second-order valence-electron chi connectivity index (χ2n) is 5.98. The van der Waals surface area contributed by atoms with Crippen LogP contribution >= 0.6 is 11.6 Å². The maximum absolute atomic E-state index is 12.5. The molecule has 0 spiro atoms. The van der Waals surface area contributed by atoms with E-state index in [0.717, 1.165) is 22.5 Å². The standard InChI is InChI=1S/C17H15ClN4O2/c18-15-7-10-6-12(20-14(10)8-19-15)16(23)22-13-5-9-3-1-2-4-11(9)21-17(13)24/h1-4,7-8,12-13,20H,5-6H2,(H,21,24)(H,22,23)/t12?,13-/m1/s1. The third kappa shape index (κ3) is 2.69. The highest BCUT2D eigenvalue weighted by Gasteiger charge is 2.32. The first kappa shape index (κ1) is 15.0. The molecule has 2 aliphatic heterocycles. The van der Waals surface area contributed by atoms with Crippen LogP contribution in [-0.2, 0) is 22.4 Å². The van der Waals surface area contributed by atoms with Crippen molar-refractivity contribution in [3.8, 4) is 0 Å². The van der Waals surface area contributed by atoms with Gasteiger partial charge in [0.25, 0.3) is 0 Å². The first-order valence-electron chi connectivity index (χ1n) is 7.70. The van der Waals surface area contributed by atoms with Crippen molar-refractivity contribution in [3.05, 3.63) is 52.8 Å². The van der Waals surface area contributed by atoms with E-state index in [9.17, 15) is 9.59 Å². The average molecular weight is 343 g/mol. The van der Waals surface area contributed by atoms with E-state index in [4.69, 9.17) is 11.6 Å². The van der Waals surface area contributed by atoms with Crippen molar-refractivity contribution in [2.45, 2.75) is 24.9 Å². The molecule has 1 aromatic carbocycles. The Morgan fingerprint density at radius 2 is 2.04 bits per heavy atom. The molecule has 2 aliphatic rings. The molecular weight excluding hydrogens is 328 g/mol. The summed E-state index contributed by atoms with van der Waals surface area (Å²) in [6, 6.07) is 8.35. The summed E-state index contributed by atoms with van der Waals surface area (Å²) >= 11 is 5.88. The van der Waals surface area contributed by atoms with E-state index in [1.807, 2.05) is 24.3 Å². The number of aromatic nitrogens is 1. The fourth-order valence-electron chi connectivity index (χ4n) is 3.13. The van der Waals surface area contributed by atoms with Crippen LogP contribution in [0.1, 0.15) is 11.1 Å². The highest BCUT2D eigenvalue weighted by molar-refractivity contribution is 6.29. The number of rotatable bonds is 2. The third-order valence-corrected chi connectivity index (χ3v) is 4.57. The Labute approximate surface area is 143 Å². The monoisotopic (exact) mass is 342 g/mol. The van der Waals surface area contributed by atoms with Crippen molar-refractivity contribution in [1.82, 2.24) is 10.3 Å². The van der Waals surface area contributed by atoms with Gasteiger partial charge < -0.3 is 16.0 Å². The molecule has 0 saturated heterocycles. The number of nitrogens with zero attached hydrogens (tertiary/aromatic N) is 1. The van der Waals surface area contributed by atoms with E-state index >= 15 is 0 Å². The summed E-state index contributed by atoms with van der Waals surface area (Å²) in [5.41, 5.74) is 3.58. The SMILES string of the molecule is O=C(N[C@@H]1Cc2ccccc2NC1=O)C1Cc2cc(Cl)ncc2N1. The fourth-order valence-corrected chi connectivity index (χ4v) is 3.31. The lowest BCUT2D eigenvalue weighted by Crippen LogP contribution is -2.51. The van der Waals surface area contributed by atoms with Crippen LogP contribution in [0.15, 0.2) is 36.5 Å². The van der Waals surface area contributed by atoms with Gasteiger partial charge in [-0.25, -0.2) is 4.98 Å². The molecule has 0 bridgehead atoms. The van der Waals surface area contributed by atoms with E-state index < -0.39 is 12.1 Å². The maximum atomic E-state index is 12.5. The van der Waals surface area contributed by atoms with Gasteiger partial charge in [0.05, 0.1) is 11.9 Å². The number of pyridine rings is 1. The van der Waals surface area contributed by atoms with Crippen molar-refractivity contribution >= 4 is 34.8 Å². The van der Waals surface area contributed by atoms with Crippen LogP contribution in [0.3, 0.4) is 0 Å². The van der Waals surface area contributed by atoms with Gasteiger partial charge in [0.15, 0.2) is 0 Å². The number of hydrogen-bond donors (Lipinski definition) is 3. The van der Waals surface area contributed by atoms with Crippen LogP contribution in [0.2, 0.25) is 5.15 Å². The number of halogens is 1. The van der Waals surface area contributed by atoms with Gasteiger partial charge in [0, 0.05) is 18.5 Å². The predicted octanol–water partition coefficient (Wildman–Crippen LogP) is 1.75. The van der Waals surface area contributed by atoms with E-state index in [2.05, 4.69) is 20.9 Å². The molecule has 1 unspecified atom stereocenters. The Kier molecular flexibility index (Phi) is 3.61. The van der Waals surface area contributed by atoms with Gasteiger partial charge in [-0.15, -0.1) is 0 Å². The van der Waals surface area contributed by atoms with Crippen molar-refractivity contribution < 1.29 is 9.59 Å². The lowest BCUT2D eigenvalue weighted by molar-refractivity contribution is -0.127. The van der Waals surface area contributed by atoms with Gasteiger partial charge in [0.1, 0.15) is 17.2 Å². The minimum absolute atomic E-state index is 0.192. The summed E-state index contributed by atoms with van der Waals surface area (Å²) in [5, 5.41) is 9.19. The molecule has 0 saturated carbocycles. The molecule has 4 rings (SSSR count). The van der Waals surface area contributed by atoms with Crippen molar-refractivity contribution in [2.75, 3.05) is 10.6 Å². The maximum Gasteiger partial charge on any atom is 0.247 e. The van der Waals surface area contributed by atoms with Crippen LogP contribution in [0.25, 0.3) is 0 Å². The van der Waals surface area contributed by atoms with Crippen LogP contribution in [-0.4, -0.2) is 28.9 Å². The first-order valence-corrected chi connectivity index (χ1v) is 8.08. The number of fused-ring (bicyclic) bond motifs is 2. The van der Waals surface area contributed by atoms with E-state index in [0.29, 0.717) is 18.0 Å². The fraction of sp³-hybridized carbons (Fsp3) is 0.235. The number of carbonyl (C=O) groups is 2. The molecule has 1 aromatic heterocycles. The van der Waals surface area contributed by atoms with Crippen molar-refractivity contribution in [3.63, 3.8) is 0 Å². The zero-order valence-electron chi connectivity index (χ0n) is 12.7. The highest BCUT2D eigenvalue weighted by Crippen LogP contribution is 2.27. The number of anilines is 2. The van der Waals surface area contributed by atoms with Crippen LogP contribution in [0.5, 0.6) is 0 Å². The molecule has 3 N–H and O–H groups in total. The van der Waals surface area contributed by atoms with Crippen LogP contribution in [0.4, 0.5) is 11.4 Å². The second-order valence-corrected chi connectivity index (χ2v) is 6.36. The van der Waals surface area contributed by atoms with Crippen LogP contribution in [0, 0.1) is 0 Å². The Morgan fingerprint density at radius 3 is 2.92 bits per heavy atom. The summed E-state index contributed by atoms with van der Waals surface area (Å²) < 4.78 is 0. The summed E-state index contributed by atoms with van der Waals surface area (Å²) in [4.78, 5) is 28.7. The number of nitrogens with one attached hydrogen (secondary N) is 3. The number of benzene rings is 1. The number of hydrogen-bond acceptors (Lipinski definition) is 4. The molecule has 0 radical (unpaired) electrons. The quantitative estimate of drug-likeness (QED) is 0.726. The van der Waals surface area contributed by atoms with Gasteiger partial charge >= 0.3 is 0 Å². The third-order valence-electron chi connectivity index (χ3n) is 4.36. The summed E-state index contributed by atoms with van der Waals surface area (Å²) in [7, 11) is 0. The molecule has 122 valence electrons. The summed E-state index contributed by atoms with van der Waals surface area (Å²) in [6.45, 7) is 0. The summed E-state index contributed by atoms with van der Waals surface area (Å²) in [5.74, 6) is -0.399. The normalized spacial score (nSPS) is 21.3. The van der Waals surface area contributed by atoms with Gasteiger partial charge in [-0.3, -0.25) is 9.59 Å². The van der Waals surface area contributed by atoms with Crippen molar-refractivity contribution in [2.24, 2.45) is 0 Å². The number of carbonyl (C=O) groups excluding carboxylic acids is 2. The molecule has 6 nitrogen and oxygen atoms in total. The minimum atomic E-state index is -0.570. The zero-order chi connectivity index (χ0) is 16.7. The van der Waals surface area contributed by atoms with Crippen molar-refractivity contribution in [1.29, 1.82) is 0 Å². The second kappa shape index (κ2) is 5.79. The zero-order valence-corrected chi connectivity index (χ0v) is 13.4. The Hall–Kier alpha value is -2.60. The van der Waals surface area contributed by atoms with Gasteiger partial charge in [0.2, 0.25) is 11.8 Å². The molecule has 7 heteroatoms. The smallest absolute Gasteiger partial charge is 0.247 e. The largest absolute Gasteiger partial charge is 0.372 e. The first-order chi connectivity index (χ1) is 11.6. The Bertz CT molecular complexity index is 839. The predicted molar refractivity (Wildman–Crippen MR) is 91.1 cm³/mol. The van der Waals surface area contributed by atoms with E-state index in [-0.39, 0.29) is 11.8 Å². The lowest BCUT2D eigenvalue weighted by Gasteiger charge is -2.26. The van der Waals surface area contributed by atoms with Crippen LogP contribution < -0.4 is 16.0 Å². The lowest BCUT2D eigenvalue weighted by atomic mass is 9.98. The number of para-hydroxylation sites is 1. The molecule has 0 fully saturated rings. The van der Waals surface area contributed by atoms with Gasteiger partial charge in [-0.05, 0) is 23.3 Å². The summed E-state index contributed by atoms with van der Waals surface area (Å²) in [6.07, 6.45) is 2.63. The van der Waals surface area contributed by atoms with Gasteiger partial charge in [-0.2, -0.15) is 0 Å². The van der Waals surface area contributed by atoms with Gasteiger partial charge in [-0.1, -0.05) is 29.8 Å². The molecule has 3 heterocycles. The molecule has 2 amide bonds. The highest BCUT2D eigenvalue weighted by atomic mass is 35.5. The number of amides is 2. The average Bonchev–Trinajstić information content (AvgIpc) is 2.98. The van der Waals surface area contributed by atoms with E-state index in [1.54, 1.807) is 12.3 Å². The Morgan fingerprint density at radius 1 is 1.21 bits per heavy atom. The molecular formula is C17H15ClN4O2. The molecule has 2 atom stereocenters. The molecule has 2 aromatic rings.